The molecule has 5 heteroatoms. The third-order valence-corrected chi connectivity index (χ3v) is 4.96. The van der Waals surface area contributed by atoms with Crippen LogP contribution in [0.3, 0.4) is 0 Å². The Balaban J connectivity index is 1.80. The summed E-state index contributed by atoms with van der Waals surface area (Å²) in [5.74, 6) is 1.38. The van der Waals surface area contributed by atoms with Crippen LogP contribution in [0.2, 0.25) is 0 Å². The number of nitrogens with two attached hydrogens (primary N) is 1. The smallest absolute Gasteiger partial charge is 0.141 e. The normalized spacial score (nSPS) is 29.9. The topological polar surface area (TPSA) is 82.6 Å². The Kier molecular flexibility index (Phi) is 3.67. The first-order chi connectivity index (χ1) is 9.60. The van der Waals surface area contributed by atoms with E-state index in [1.807, 2.05) is 0 Å². The van der Waals surface area contributed by atoms with Crippen LogP contribution >= 0.6 is 0 Å². The van der Waals surface area contributed by atoms with E-state index in [2.05, 4.69) is 9.88 Å². The van der Waals surface area contributed by atoms with Crippen molar-refractivity contribution in [3.63, 3.8) is 0 Å². The molecule has 1 saturated heterocycles. The van der Waals surface area contributed by atoms with Gasteiger partial charge in [-0.3, -0.25) is 9.88 Å². The molecular formula is C15H23N3O2. The third kappa shape index (κ3) is 2.30. The average molecular weight is 277 g/mol. The van der Waals surface area contributed by atoms with Crippen LogP contribution in [0.5, 0.6) is 5.75 Å². The molecule has 20 heavy (non-hydrogen) atoms. The van der Waals surface area contributed by atoms with Gasteiger partial charge in [-0.1, -0.05) is 0 Å². The molecule has 110 valence electrons. The number of nitrogens with zero attached hydrogens (tertiary/aromatic N) is 2. The Hall–Kier alpha value is -1.17. The fraction of sp³-hybridized carbons (Fsp3) is 0.667. The summed E-state index contributed by atoms with van der Waals surface area (Å²) >= 11 is 0. The molecule has 1 aromatic heterocycles. The lowest BCUT2D eigenvalue weighted by Gasteiger charge is -2.36. The number of fused-ring (bicyclic) bond motifs is 2. The summed E-state index contributed by atoms with van der Waals surface area (Å²) in [6.07, 6.45) is 4.10. The second-order valence-electron chi connectivity index (χ2n) is 6.22. The number of hydrogen-bond acceptors (Lipinski definition) is 5. The van der Waals surface area contributed by atoms with Crippen LogP contribution in [-0.4, -0.2) is 39.2 Å². The summed E-state index contributed by atoms with van der Waals surface area (Å²) in [6, 6.07) is 0.344. The number of aliphatic hydroxyl groups excluding tert-OH is 1. The molecule has 2 bridgehead atoms. The zero-order chi connectivity index (χ0) is 14.3. The molecule has 3 atom stereocenters. The number of hydrogen-bond donors (Lipinski definition) is 3. The van der Waals surface area contributed by atoms with E-state index in [0.717, 1.165) is 24.2 Å². The van der Waals surface area contributed by atoms with Gasteiger partial charge in [0.15, 0.2) is 0 Å². The highest BCUT2D eigenvalue weighted by atomic mass is 16.3. The number of aromatic hydroxyl groups is 1. The first-order valence-electron chi connectivity index (χ1n) is 7.35. The summed E-state index contributed by atoms with van der Waals surface area (Å²) in [7, 11) is 0. The number of piperidine rings is 1. The lowest BCUT2D eigenvalue weighted by Crippen LogP contribution is -2.48. The molecule has 1 aliphatic carbocycles. The number of likely N-dealkylation sites (tertiary alicyclic amines) is 1. The van der Waals surface area contributed by atoms with Crippen molar-refractivity contribution in [1.29, 1.82) is 0 Å². The van der Waals surface area contributed by atoms with Gasteiger partial charge in [0.2, 0.25) is 0 Å². The fourth-order valence-corrected chi connectivity index (χ4v) is 3.71. The average Bonchev–Trinajstić information content (AvgIpc) is 2.66. The molecule has 2 aliphatic rings. The van der Waals surface area contributed by atoms with E-state index in [-0.39, 0.29) is 12.4 Å². The Morgan fingerprint density at radius 3 is 2.60 bits per heavy atom. The predicted molar refractivity (Wildman–Crippen MR) is 76.0 cm³/mol. The molecule has 1 unspecified atom stereocenters. The van der Waals surface area contributed by atoms with Gasteiger partial charge < -0.3 is 15.9 Å². The van der Waals surface area contributed by atoms with Crippen molar-refractivity contribution >= 4 is 0 Å². The van der Waals surface area contributed by atoms with Gasteiger partial charge in [0.05, 0.1) is 12.3 Å². The van der Waals surface area contributed by atoms with Crippen LogP contribution < -0.4 is 5.73 Å². The molecule has 5 nitrogen and oxygen atoms in total. The zero-order valence-electron chi connectivity index (χ0n) is 11.9. The van der Waals surface area contributed by atoms with Crippen LogP contribution in [-0.2, 0) is 13.2 Å². The SMILES string of the molecule is Cc1ncc(CO)c(CN2C[C@H]3CC[C@@H](C2)C3N)c1O. The largest absolute Gasteiger partial charge is 0.506 e. The Morgan fingerprint density at radius 1 is 1.35 bits per heavy atom. The van der Waals surface area contributed by atoms with Crippen LogP contribution in [0.1, 0.15) is 29.7 Å². The quantitative estimate of drug-likeness (QED) is 0.759. The fourth-order valence-electron chi connectivity index (χ4n) is 3.71. The summed E-state index contributed by atoms with van der Waals surface area (Å²) in [4.78, 5) is 6.47. The maximum absolute atomic E-state index is 10.2. The number of aliphatic hydroxyl groups is 1. The minimum atomic E-state index is -0.0869. The second-order valence-corrected chi connectivity index (χ2v) is 6.22. The summed E-state index contributed by atoms with van der Waals surface area (Å²) in [5, 5.41) is 19.6. The van der Waals surface area contributed by atoms with E-state index in [9.17, 15) is 10.2 Å². The Bertz CT molecular complexity index is 492. The lowest BCUT2D eigenvalue weighted by atomic mass is 9.92. The second kappa shape index (κ2) is 5.31. The summed E-state index contributed by atoms with van der Waals surface area (Å²) in [5.41, 5.74) is 8.38. The highest BCUT2D eigenvalue weighted by molar-refractivity contribution is 5.40. The van der Waals surface area contributed by atoms with Gasteiger partial charge in [-0.25, -0.2) is 0 Å². The van der Waals surface area contributed by atoms with Crippen molar-refractivity contribution in [2.75, 3.05) is 13.1 Å². The molecule has 0 aromatic carbocycles. The number of aryl methyl sites for hydroxylation is 1. The van der Waals surface area contributed by atoms with Crippen molar-refractivity contribution in [3.05, 3.63) is 23.0 Å². The lowest BCUT2D eigenvalue weighted by molar-refractivity contribution is 0.138. The van der Waals surface area contributed by atoms with Gasteiger partial charge in [0.1, 0.15) is 5.75 Å². The van der Waals surface area contributed by atoms with Crippen molar-refractivity contribution in [2.45, 2.75) is 39.0 Å². The van der Waals surface area contributed by atoms with E-state index in [0.29, 0.717) is 30.1 Å². The molecule has 0 amide bonds. The van der Waals surface area contributed by atoms with E-state index >= 15 is 0 Å². The van der Waals surface area contributed by atoms with Gasteiger partial charge >= 0.3 is 0 Å². The number of rotatable bonds is 3. The van der Waals surface area contributed by atoms with E-state index in [1.165, 1.54) is 12.8 Å². The highest BCUT2D eigenvalue weighted by Gasteiger charge is 2.39. The molecule has 0 radical (unpaired) electrons. The van der Waals surface area contributed by atoms with E-state index in [4.69, 9.17) is 5.73 Å². The third-order valence-electron chi connectivity index (χ3n) is 4.96. The summed E-state index contributed by atoms with van der Waals surface area (Å²) < 4.78 is 0. The van der Waals surface area contributed by atoms with Crippen LogP contribution in [0.25, 0.3) is 0 Å². The molecule has 0 spiro atoms. The van der Waals surface area contributed by atoms with Crippen molar-refractivity contribution in [3.8, 4) is 5.75 Å². The van der Waals surface area contributed by atoms with E-state index < -0.39 is 0 Å². The highest BCUT2D eigenvalue weighted by Crippen LogP contribution is 2.37. The van der Waals surface area contributed by atoms with Gasteiger partial charge in [0, 0.05) is 43.0 Å². The molecule has 1 aliphatic heterocycles. The molecule has 4 N–H and O–H groups in total. The van der Waals surface area contributed by atoms with Crippen LogP contribution in [0.15, 0.2) is 6.20 Å². The Labute approximate surface area is 119 Å². The van der Waals surface area contributed by atoms with Gasteiger partial charge in [0.25, 0.3) is 0 Å². The minimum Gasteiger partial charge on any atom is -0.506 e. The monoisotopic (exact) mass is 277 g/mol. The molecular weight excluding hydrogens is 254 g/mol. The number of aromatic nitrogens is 1. The molecule has 2 fully saturated rings. The van der Waals surface area contributed by atoms with Crippen LogP contribution in [0, 0.1) is 18.8 Å². The maximum Gasteiger partial charge on any atom is 0.141 e. The number of pyridine rings is 1. The van der Waals surface area contributed by atoms with Gasteiger partial charge in [-0.05, 0) is 31.6 Å². The Morgan fingerprint density at radius 2 is 2.00 bits per heavy atom. The first kappa shape index (κ1) is 13.8. The molecule has 2 heterocycles. The minimum absolute atomic E-state index is 0.0869. The molecule has 3 rings (SSSR count). The standard InChI is InChI=1S/C15H23N3O2/c1-9-15(20)13(12(8-19)4-17-9)7-18-5-10-2-3-11(6-18)14(10)16/h4,10-11,14,19-20H,2-3,5-8,16H2,1H3/t10-,11+,14?. The summed E-state index contributed by atoms with van der Waals surface area (Å²) in [6.45, 7) is 4.35. The predicted octanol–water partition coefficient (Wildman–Crippen LogP) is 0.757. The van der Waals surface area contributed by atoms with Crippen molar-refractivity contribution < 1.29 is 10.2 Å². The molecule has 1 saturated carbocycles. The van der Waals surface area contributed by atoms with E-state index in [1.54, 1.807) is 13.1 Å². The molecule has 1 aromatic rings. The zero-order valence-corrected chi connectivity index (χ0v) is 11.9. The van der Waals surface area contributed by atoms with Gasteiger partial charge in [-0.15, -0.1) is 0 Å². The maximum atomic E-state index is 10.2. The van der Waals surface area contributed by atoms with Crippen molar-refractivity contribution in [1.82, 2.24) is 9.88 Å². The van der Waals surface area contributed by atoms with Crippen LogP contribution in [0.4, 0.5) is 0 Å². The van der Waals surface area contributed by atoms with Crippen molar-refractivity contribution in [2.24, 2.45) is 17.6 Å². The first-order valence-corrected chi connectivity index (χ1v) is 7.35. The van der Waals surface area contributed by atoms with Gasteiger partial charge in [-0.2, -0.15) is 0 Å².